The number of sulfonamides is 1. The van der Waals surface area contributed by atoms with Crippen LogP contribution in [-0.4, -0.2) is 37.3 Å². The molecule has 6 heteroatoms. The third-order valence-corrected chi connectivity index (χ3v) is 6.17. The van der Waals surface area contributed by atoms with Crippen molar-refractivity contribution in [2.45, 2.75) is 63.4 Å². The smallest absolute Gasteiger partial charge is 0.243 e. The predicted molar refractivity (Wildman–Crippen MR) is 90.6 cm³/mol. The molecule has 0 unspecified atom stereocenters. The number of benzene rings is 1. The van der Waals surface area contributed by atoms with Crippen LogP contribution in [0.25, 0.3) is 0 Å². The fraction of sp³-hybridized carbons (Fsp3) is 0.588. The van der Waals surface area contributed by atoms with Crippen LogP contribution in [0.4, 0.5) is 0 Å². The van der Waals surface area contributed by atoms with Crippen LogP contribution in [0.2, 0.25) is 0 Å². The van der Waals surface area contributed by atoms with Gasteiger partial charge >= 0.3 is 0 Å². The van der Waals surface area contributed by atoms with Gasteiger partial charge in [0.15, 0.2) is 0 Å². The van der Waals surface area contributed by atoms with Crippen molar-refractivity contribution in [1.29, 1.82) is 0 Å². The zero-order chi connectivity index (χ0) is 17.0. The number of amides is 1. The molecular weight excluding hydrogens is 312 g/mol. The molecule has 0 aliphatic carbocycles. The van der Waals surface area contributed by atoms with Gasteiger partial charge < -0.3 is 5.32 Å². The molecule has 1 saturated heterocycles. The van der Waals surface area contributed by atoms with Gasteiger partial charge in [-0.2, -0.15) is 4.31 Å². The quantitative estimate of drug-likeness (QED) is 0.866. The Labute approximate surface area is 139 Å². The molecule has 1 aliphatic rings. The van der Waals surface area contributed by atoms with E-state index in [1.54, 1.807) is 24.3 Å². The lowest BCUT2D eigenvalue weighted by Crippen LogP contribution is -2.48. The molecule has 0 radical (unpaired) electrons. The number of nitrogens with one attached hydrogen (secondary N) is 1. The average molecular weight is 338 g/mol. The van der Waals surface area contributed by atoms with E-state index < -0.39 is 16.1 Å². The van der Waals surface area contributed by atoms with Gasteiger partial charge in [0, 0.05) is 12.6 Å². The summed E-state index contributed by atoms with van der Waals surface area (Å²) in [6.07, 6.45) is 3.17. The summed E-state index contributed by atoms with van der Waals surface area (Å²) < 4.78 is 27.0. The van der Waals surface area contributed by atoms with Gasteiger partial charge in [-0.1, -0.05) is 31.0 Å². The maximum absolute atomic E-state index is 12.8. The summed E-state index contributed by atoms with van der Waals surface area (Å²) in [5, 5.41) is 2.94. The molecule has 5 nitrogen and oxygen atoms in total. The molecule has 1 aromatic rings. The second-order valence-electron chi connectivity index (χ2n) is 6.29. The highest BCUT2D eigenvalue weighted by Gasteiger charge is 2.39. The van der Waals surface area contributed by atoms with Crippen molar-refractivity contribution in [2.24, 2.45) is 0 Å². The summed E-state index contributed by atoms with van der Waals surface area (Å²) in [6, 6.07) is 6.25. The third kappa shape index (κ3) is 4.12. The van der Waals surface area contributed by atoms with Crippen molar-refractivity contribution in [1.82, 2.24) is 9.62 Å². The molecule has 1 aromatic carbocycles. The monoisotopic (exact) mass is 338 g/mol. The summed E-state index contributed by atoms with van der Waals surface area (Å²) >= 11 is 0. The summed E-state index contributed by atoms with van der Waals surface area (Å²) in [4.78, 5) is 12.7. The Morgan fingerprint density at radius 1 is 1.35 bits per heavy atom. The lowest BCUT2D eigenvalue weighted by Gasteiger charge is -2.25. The van der Waals surface area contributed by atoms with E-state index in [4.69, 9.17) is 0 Å². The molecule has 23 heavy (non-hydrogen) atoms. The second-order valence-corrected chi connectivity index (χ2v) is 8.18. The molecule has 1 amide bonds. The molecule has 0 aromatic heterocycles. The van der Waals surface area contributed by atoms with Crippen LogP contribution in [0.3, 0.4) is 0 Å². The Kier molecular flexibility index (Phi) is 5.81. The van der Waals surface area contributed by atoms with Gasteiger partial charge in [-0.05, 0) is 45.2 Å². The van der Waals surface area contributed by atoms with Crippen LogP contribution in [-0.2, 0) is 14.8 Å². The highest BCUT2D eigenvalue weighted by atomic mass is 32.2. The maximum atomic E-state index is 12.8. The minimum absolute atomic E-state index is 0.0667. The van der Waals surface area contributed by atoms with Crippen molar-refractivity contribution in [3.8, 4) is 0 Å². The zero-order valence-electron chi connectivity index (χ0n) is 14.1. The van der Waals surface area contributed by atoms with Crippen LogP contribution in [0.1, 0.15) is 45.1 Å². The van der Waals surface area contributed by atoms with E-state index in [1.807, 2.05) is 13.8 Å². The first-order valence-corrected chi connectivity index (χ1v) is 9.69. The first-order valence-electron chi connectivity index (χ1n) is 8.25. The number of aryl methyl sites for hydroxylation is 1. The number of nitrogens with zero attached hydrogens (tertiary/aromatic N) is 1. The van der Waals surface area contributed by atoms with Crippen molar-refractivity contribution in [2.75, 3.05) is 6.54 Å². The van der Waals surface area contributed by atoms with Crippen LogP contribution < -0.4 is 5.32 Å². The molecule has 1 fully saturated rings. The number of carbonyl (C=O) groups excluding carboxylic acids is 1. The van der Waals surface area contributed by atoms with E-state index in [1.165, 1.54) is 4.31 Å². The van der Waals surface area contributed by atoms with E-state index in [0.717, 1.165) is 18.4 Å². The van der Waals surface area contributed by atoms with Crippen LogP contribution >= 0.6 is 0 Å². The Balaban J connectivity index is 2.17. The Hall–Kier alpha value is -1.40. The SMILES string of the molecule is CCC[C@H](C)NC(=O)[C@H]1CCCN1S(=O)(=O)c1ccc(C)cc1. The zero-order valence-corrected chi connectivity index (χ0v) is 14.9. The number of hydrogen-bond acceptors (Lipinski definition) is 3. The van der Waals surface area contributed by atoms with Crippen LogP contribution in [0.5, 0.6) is 0 Å². The molecule has 2 atom stereocenters. The Bertz CT molecular complexity index is 640. The van der Waals surface area contributed by atoms with E-state index in [9.17, 15) is 13.2 Å². The molecule has 1 aliphatic heterocycles. The fourth-order valence-corrected chi connectivity index (χ4v) is 4.64. The maximum Gasteiger partial charge on any atom is 0.243 e. The Morgan fingerprint density at radius 2 is 2.00 bits per heavy atom. The van der Waals surface area contributed by atoms with Crippen molar-refractivity contribution >= 4 is 15.9 Å². The minimum atomic E-state index is -3.63. The highest BCUT2D eigenvalue weighted by Crippen LogP contribution is 2.26. The topological polar surface area (TPSA) is 66.5 Å². The summed E-state index contributed by atoms with van der Waals surface area (Å²) in [5.74, 6) is -0.181. The van der Waals surface area contributed by atoms with Gasteiger partial charge in [-0.15, -0.1) is 0 Å². The number of carbonyl (C=O) groups is 1. The molecular formula is C17H26N2O3S. The first-order chi connectivity index (χ1) is 10.9. The fourth-order valence-electron chi connectivity index (χ4n) is 2.98. The van der Waals surface area contributed by atoms with E-state index in [2.05, 4.69) is 12.2 Å². The summed E-state index contributed by atoms with van der Waals surface area (Å²) in [7, 11) is -3.63. The van der Waals surface area contributed by atoms with Gasteiger partial charge in [0.05, 0.1) is 4.90 Å². The normalized spacial score (nSPS) is 20.4. The average Bonchev–Trinajstić information content (AvgIpc) is 2.98. The van der Waals surface area contributed by atoms with Gasteiger partial charge in [-0.3, -0.25) is 4.79 Å². The van der Waals surface area contributed by atoms with E-state index in [-0.39, 0.29) is 16.8 Å². The van der Waals surface area contributed by atoms with Gasteiger partial charge in [0.1, 0.15) is 6.04 Å². The van der Waals surface area contributed by atoms with Gasteiger partial charge in [0.25, 0.3) is 0 Å². The lowest BCUT2D eigenvalue weighted by atomic mass is 10.1. The standard InChI is InChI=1S/C17H26N2O3S/c1-4-6-14(3)18-17(20)16-7-5-12-19(16)23(21,22)15-10-8-13(2)9-11-15/h8-11,14,16H,4-7,12H2,1-3H3,(H,18,20)/t14-,16+/m0/s1. The second kappa shape index (κ2) is 7.45. The molecule has 0 spiro atoms. The van der Waals surface area contributed by atoms with Crippen LogP contribution in [0.15, 0.2) is 29.2 Å². The summed E-state index contributed by atoms with van der Waals surface area (Å²) in [5.41, 5.74) is 1.01. The first kappa shape index (κ1) is 17.9. The van der Waals surface area contributed by atoms with E-state index >= 15 is 0 Å². The lowest BCUT2D eigenvalue weighted by molar-refractivity contribution is -0.124. The minimum Gasteiger partial charge on any atom is -0.352 e. The largest absolute Gasteiger partial charge is 0.352 e. The molecule has 0 bridgehead atoms. The Morgan fingerprint density at radius 3 is 2.61 bits per heavy atom. The predicted octanol–water partition coefficient (Wildman–Crippen LogP) is 2.45. The third-order valence-electron chi connectivity index (χ3n) is 4.24. The van der Waals surface area contributed by atoms with Crippen molar-refractivity contribution in [3.63, 3.8) is 0 Å². The van der Waals surface area contributed by atoms with E-state index in [0.29, 0.717) is 19.4 Å². The van der Waals surface area contributed by atoms with Gasteiger partial charge in [0.2, 0.25) is 15.9 Å². The molecule has 1 heterocycles. The van der Waals surface area contributed by atoms with Crippen molar-refractivity contribution in [3.05, 3.63) is 29.8 Å². The molecule has 2 rings (SSSR count). The van der Waals surface area contributed by atoms with Gasteiger partial charge in [-0.25, -0.2) is 8.42 Å². The number of rotatable bonds is 6. The molecule has 128 valence electrons. The molecule has 1 N–H and O–H groups in total. The van der Waals surface area contributed by atoms with Crippen LogP contribution in [0, 0.1) is 6.92 Å². The highest BCUT2D eigenvalue weighted by molar-refractivity contribution is 7.89. The number of hydrogen-bond donors (Lipinski definition) is 1. The summed E-state index contributed by atoms with van der Waals surface area (Å²) in [6.45, 7) is 6.33. The molecule has 0 saturated carbocycles. The van der Waals surface area contributed by atoms with Crippen molar-refractivity contribution < 1.29 is 13.2 Å².